The van der Waals surface area contributed by atoms with E-state index >= 15 is 0 Å². The Morgan fingerprint density at radius 1 is 0.957 bits per heavy atom. The lowest BCUT2D eigenvalue weighted by Crippen LogP contribution is -2.25. The van der Waals surface area contributed by atoms with E-state index in [1.807, 2.05) is 0 Å². The fraction of sp³-hybridized carbons (Fsp3) is 0.900. The molecule has 0 radical (unpaired) electrons. The Labute approximate surface area is 149 Å². The molecule has 2 aliphatic rings. The first-order valence-corrected chi connectivity index (χ1v) is 10.5. The zero-order chi connectivity index (χ0) is 16.7. The van der Waals surface area contributed by atoms with Crippen LogP contribution in [0.15, 0.2) is 10.6 Å². The lowest BCUT2D eigenvalue weighted by molar-refractivity contribution is 0.150. The summed E-state index contributed by atoms with van der Waals surface area (Å²) >= 11 is 3.01. The first-order valence-electron chi connectivity index (χ1n) is 9.75. The van der Waals surface area contributed by atoms with Crippen LogP contribution in [0.5, 0.6) is 0 Å². The summed E-state index contributed by atoms with van der Waals surface area (Å²) in [5, 5.41) is 0. The molecular weight excluding hydrogens is 358 g/mol. The second-order valence-electron chi connectivity index (χ2n) is 7.80. The number of alkyl halides is 2. The molecule has 0 aromatic rings. The average Bonchev–Trinajstić information content (AvgIpc) is 2.56. The maximum absolute atomic E-state index is 12.6. The summed E-state index contributed by atoms with van der Waals surface area (Å²) < 4.78 is 25.3. The van der Waals surface area contributed by atoms with Gasteiger partial charge in [-0.2, -0.15) is 0 Å². The van der Waals surface area contributed by atoms with Crippen LogP contribution >= 0.6 is 15.9 Å². The summed E-state index contributed by atoms with van der Waals surface area (Å²) in [5.41, 5.74) is 0. The molecule has 0 N–H and O–H groups in total. The van der Waals surface area contributed by atoms with Crippen molar-refractivity contribution in [1.29, 1.82) is 0 Å². The number of allylic oxidation sites excluding steroid dienone is 2. The van der Waals surface area contributed by atoms with Gasteiger partial charge in [-0.25, -0.2) is 8.78 Å². The van der Waals surface area contributed by atoms with E-state index in [-0.39, 0.29) is 4.48 Å². The van der Waals surface area contributed by atoms with Gasteiger partial charge >= 0.3 is 0 Å². The molecule has 2 fully saturated rings. The molecule has 0 nitrogen and oxygen atoms in total. The summed E-state index contributed by atoms with van der Waals surface area (Å²) in [4.78, 5) is 0. The molecule has 0 bridgehead atoms. The van der Waals surface area contributed by atoms with Gasteiger partial charge in [0, 0.05) is 0 Å². The molecule has 0 spiro atoms. The third-order valence-electron chi connectivity index (χ3n) is 6.19. The van der Waals surface area contributed by atoms with Crippen LogP contribution in [0.2, 0.25) is 0 Å². The van der Waals surface area contributed by atoms with Gasteiger partial charge in [0.2, 0.25) is 0 Å². The highest BCUT2D eigenvalue weighted by molar-refractivity contribution is 9.11. The third kappa shape index (κ3) is 6.48. The van der Waals surface area contributed by atoms with Crippen molar-refractivity contribution in [1.82, 2.24) is 0 Å². The number of halogens is 3. The van der Waals surface area contributed by atoms with Gasteiger partial charge in [-0.3, -0.25) is 0 Å². The van der Waals surface area contributed by atoms with Gasteiger partial charge in [0.15, 0.2) is 0 Å². The van der Waals surface area contributed by atoms with Crippen molar-refractivity contribution in [3.63, 3.8) is 0 Å². The summed E-state index contributed by atoms with van der Waals surface area (Å²) in [6.45, 7) is 2.28. The van der Waals surface area contributed by atoms with E-state index in [1.165, 1.54) is 64.2 Å². The summed E-state index contributed by atoms with van der Waals surface area (Å²) in [6, 6.07) is 0. The molecule has 0 saturated heterocycles. The Balaban J connectivity index is 1.67. The van der Waals surface area contributed by atoms with Crippen LogP contribution in [0.3, 0.4) is 0 Å². The predicted molar refractivity (Wildman–Crippen MR) is 98.1 cm³/mol. The fourth-order valence-electron chi connectivity index (χ4n) is 4.71. The van der Waals surface area contributed by atoms with E-state index in [2.05, 4.69) is 22.9 Å². The fourth-order valence-corrected chi connectivity index (χ4v) is 5.09. The number of hydrogen-bond donors (Lipinski definition) is 0. The molecule has 0 aromatic heterocycles. The van der Waals surface area contributed by atoms with Gasteiger partial charge in [0.1, 0.15) is 0 Å². The normalized spacial score (nSPS) is 33.2. The van der Waals surface area contributed by atoms with Gasteiger partial charge in [-0.05, 0) is 78.1 Å². The lowest BCUT2D eigenvalue weighted by Gasteiger charge is -2.37. The number of unbranched alkanes of at least 4 members (excludes halogenated alkanes) is 2. The van der Waals surface area contributed by atoms with E-state index in [4.69, 9.17) is 0 Å². The second kappa shape index (κ2) is 10.2. The molecule has 0 heterocycles. The van der Waals surface area contributed by atoms with Crippen molar-refractivity contribution in [3.8, 4) is 0 Å². The maximum Gasteiger partial charge on any atom is 0.269 e. The highest BCUT2D eigenvalue weighted by Crippen LogP contribution is 2.43. The molecule has 2 aliphatic carbocycles. The van der Waals surface area contributed by atoms with Crippen LogP contribution in [-0.4, -0.2) is 6.43 Å². The minimum absolute atomic E-state index is 0.0912. The first-order chi connectivity index (χ1) is 11.1. The predicted octanol–water partition coefficient (Wildman–Crippen LogP) is 7.72. The molecule has 0 aromatic carbocycles. The van der Waals surface area contributed by atoms with Crippen molar-refractivity contribution < 1.29 is 8.78 Å². The van der Waals surface area contributed by atoms with Crippen LogP contribution in [0, 0.1) is 23.7 Å². The Hall–Kier alpha value is 0.0800. The van der Waals surface area contributed by atoms with Gasteiger partial charge in [0.05, 0.1) is 4.48 Å². The third-order valence-corrected chi connectivity index (χ3v) is 6.80. The lowest BCUT2D eigenvalue weighted by atomic mass is 9.68. The molecule has 23 heavy (non-hydrogen) atoms. The van der Waals surface area contributed by atoms with Crippen LogP contribution in [0.25, 0.3) is 0 Å². The molecular formula is C20H33BrF2. The van der Waals surface area contributed by atoms with Gasteiger partial charge in [-0.15, -0.1) is 0 Å². The van der Waals surface area contributed by atoms with Crippen LogP contribution in [0.1, 0.15) is 84.0 Å². The minimum atomic E-state index is -2.35. The Bertz CT molecular complexity index is 351. The smallest absolute Gasteiger partial charge is 0.204 e. The van der Waals surface area contributed by atoms with Crippen molar-refractivity contribution in [2.24, 2.45) is 23.7 Å². The second-order valence-corrected chi connectivity index (χ2v) is 8.72. The number of rotatable bonds is 7. The van der Waals surface area contributed by atoms with Gasteiger partial charge < -0.3 is 0 Å². The molecule has 0 amide bonds. The highest BCUT2D eigenvalue weighted by Gasteiger charge is 2.30. The molecule has 0 aliphatic heterocycles. The molecule has 0 atom stereocenters. The summed E-state index contributed by atoms with van der Waals surface area (Å²) in [6.07, 6.45) is 15.4. The number of hydrogen-bond acceptors (Lipinski definition) is 0. The van der Waals surface area contributed by atoms with Crippen molar-refractivity contribution in [3.05, 3.63) is 10.6 Å². The summed E-state index contributed by atoms with van der Waals surface area (Å²) in [5.74, 6) is 3.13. The Morgan fingerprint density at radius 2 is 1.52 bits per heavy atom. The van der Waals surface area contributed by atoms with Crippen LogP contribution in [-0.2, 0) is 0 Å². The zero-order valence-electron chi connectivity index (χ0n) is 14.6. The summed E-state index contributed by atoms with van der Waals surface area (Å²) in [7, 11) is 0. The Kier molecular flexibility index (Phi) is 8.57. The quantitative estimate of drug-likeness (QED) is 0.390. The topological polar surface area (TPSA) is 0 Å². The SMILES string of the molecule is CCCCCC1CCC(C2CCC(/C=C(/Br)C(F)F)CC2)CC1. The van der Waals surface area contributed by atoms with Crippen molar-refractivity contribution >= 4 is 15.9 Å². The van der Waals surface area contributed by atoms with Gasteiger partial charge in [0.25, 0.3) is 6.43 Å². The van der Waals surface area contributed by atoms with Crippen molar-refractivity contribution in [2.45, 2.75) is 90.4 Å². The van der Waals surface area contributed by atoms with Gasteiger partial charge in [-0.1, -0.05) is 51.5 Å². The monoisotopic (exact) mass is 390 g/mol. The van der Waals surface area contributed by atoms with Crippen molar-refractivity contribution in [2.75, 3.05) is 0 Å². The average molecular weight is 391 g/mol. The standard InChI is InChI=1S/C20H33BrF2/c1-2-3-4-5-15-6-10-17(11-7-15)18-12-8-16(9-13-18)14-19(21)20(22)23/h14-18,20H,2-13H2,1H3/b19-14+. The first kappa shape index (κ1) is 19.4. The van der Waals surface area contributed by atoms with E-state index in [0.29, 0.717) is 5.92 Å². The maximum atomic E-state index is 12.6. The van der Waals surface area contributed by atoms with E-state index in [1.54, 1.807) is 6.08 Å². The molecule has 2 saturated carbocycles. The van der Waals surface area contributed by atoms with E-state index in [0.717, 1.165) is 30.6 Å². The highest BCUT2D eigenvalue weighted by atomic mass is 79.9. The molecule has 2 rings (SSSR count). The molecule has 0 unspecified atom stereocenters. The molecule has 3 heteroatoms. The van der Waals surface area contributed by atoms with Crippen LogP contribution in [0.4, 0.5) is 8.78 Å². The van der Waals surface area contributed by atoms with E-state index < -0.39 is 6.43 Å². The Morgan fingerprint density at radius 3 is 2.04 bits per heavy atom. The van der Waals surface area contributed by atoms with E-state index in [9.17, 15) is 8.78 Å². The zero-order valence-corrected chi connectivity index (χ0v) is 16.2. The largest absolute Gasteiger partial charge is 0.269 e. The minimum Gasteiger partial charge on any atom is -0.204 e. The molecule has 134 valence electrons. The van der Waals surface area contributed by atoms with Crippen LogP contribution < -0.4 is 0 Å².